The van der Waals surface area contributed by atoms with Crippen LogP contribution >= 0.6 is 0 Å². The molecule has 0 aromatic heterocycles. The van der Waals surface area contributed by atoms with Gasteiger partial charge in [-0.2, -0.15) is 7.98 Å². The number of nitrogens with two attached hydrogens (primary N) is 1. The molecule has 0 saturated heterocycles. The van der Waals surface area contributed by atoms with E-state index in [-0.39, 0.29) is 0 Å². The quantitative estimate of drug-likeness (QED) is 0.405. The Morgan fingerprint density at radius 1 is 1.22 bits per heavy atom. The van der Waals surface area contributed by atoms with Gasteiger partial charge in [0.05, 0.1) is 0 Å². The van der Waals surface area contributed by atoms with Gasteiger partial charge in [0, 0.05) is 0 Å². The topological polar surface area (TPSA) is 25.8 Å². The number of hydrogen-bond acceptors (Lipinski definition) is 1. The van der Waals surface area contributed by atoms with E-state index in [0.29, 0.717) is 6.10 Å². The maximum absolute atomic E-state index is 5.14. The summed E-state index contributed by atoms with van der Waals surface area (Å²) in [5, 5.41) is 1.32. The summed E-state index contributed by atoms with van der Waals surface area (Å²) in [6.07, 6.45) is 6.77. The highest BCUT2D eigenvalue weighted by molar-refractivity contribution is 5.93. The average Bonchev–Trinajstić information content (AvgIpc) is 1.91. The van der Waals surface area contributed by atoms with Gasteiger partial charge in [-0.05, 0) is 12.8 Å². The summed E-state index contributed by atoms with van der Waals surface area (Å²) < 4.78 is 0. The van der Waals surface area contributed by atoms with Crippen molar-refractivity contribution in [2.24, 2.45) is 0 Å². The van der Waals surface area contributed by atoms with Crippen molar-refractivity contribution in [3.8, 4) is 0 Å². The van der Waals surface area contributed by atoms with Crippen LogP contribution in [0.4, 0.5) is 0 Å². The fourth-order valence-electron chi connectivity index (χ4n) is 1.31. The van der Waals surface area contributed by atoms with Gasteiger partial charge in [-0.25, -0.2) is 0 Å². The number of quaternary nitrogens is 1. The van der Waals surface area contributed by atoms with Crippen LogP contribution in [0.5, 0.6) is 0 Å². The third kappa shape index (κ3) is 2.37. The lowest BCUT2D eigenvalue weighted by atomic mass is 9.98. The van der Waals surface area contributed by atoms with E-state index in [9.17, 15) is 0 Å². The molecular formula is C6H13BNO. The zero-order valence-electron chi connectivity index (χ0n) is 5.68. The lowest BCUT2D eigenvalue weighted by Crippen LogP contribution is -2.82. The Morgan fingerprint density at radius 2 is 1.89 bits per heavy atom. The maximum atomic E-state index is 5.14. The van der Waals surface area contributed by atoms with Crippen molar-refractivity contribution < 1.29 is 10.2 Å². The molecule has 51 valence electrons. The second-order valence-corrected chi connectivity index (χ2v) is 2.53. The molecule has 9 heavy (non-hydrogen) atoms. The second-order valence-electron chi connectivity index (χ2n) is 2.53. The van der Waals surface area contributed by atoms with E-state index in [1.54, 1.807) is 0 Å². The van der Waals surface area contributed by atoms with E-state index in [1.165, 1.54) is 37.5 Å². The monoisotopic (exact) mass is 126 g/mol. The summed E-state index contributed by atoms with van der Waals surface area (Å²) in [5.41, 5.74) is 0. The van der Waals surface area contributed by atoms with Gasteiger partial charge in [0.2, 0.25) is 0 Å². The van der Waals surface area contributed by atoms with Crippen molar-refractivity contribution in [3.05, 3.63) is 0 Å². The van der Waals surface area contributed by atoms with Gasteiger partial charge in [0.1, 0.15) is 6.10 Å². The van der Waals surface area contributed by atoms with E-state index < -0.39 is 0 Å². The third-order valence-corrected chi connectivity index (χ3v) is 1.82. The lowest BCUT2D eigenvalue weighted by Gasteiger charge is -2.21. The minimum atomic E-state index is 0.420. The molecule has 1 aliphatic rings. The molecule has 3 radical (unpaired) electrons. The lowest BCUT2D eigenvalue weighted by molar-refractivity contribution is -0.803. The molecule has 0 aromatic rings. The Bertz CT molecular complexity index is 70.7. The fourth-order valence-corrected chi connectivity index (χ4v) is 1.31. The molecule has 1 fully saturated rings. The Labute approximate surface area is 57.4 Å². The summed E-state index contributed by atoms with van der Waals surface area (Å²) in [7, 11) is 5.11. The van der Waals surface area contributed by atoms with Crippen LogP contribution < -0.4 is 5.39 Å². The van der Waals surface area contributed by atoms with Gasteiger partial charge in [-0.15, -0.1) is 0 Å². The third-order valence-electron chi connectivity index (χ3n) is 1.82. The molecule has 0 aromatic carbocycles. The van der Waals surface area contributed by atoms with E-state index in [0.717, 1.165) is 0 Å². The van der Waals surface area contributed by atoms with E-state index in [1.807, 2.05) is 0 Å². The molecule has 0 spiro atoms. The van der Waals surface area contributed by atoms with Crippen molar-refractivity contribution in [3.63, 3.8) is 0 Å². The molecule has 1 rings (SSSR count). The smallest absolute Gasteiger partial charge is 0.111 e. The highest BCUT2D eigenvalue weighted by atomic mass is 16.6. The summed E-state index contributed by atoms with van der Waals surface area (Å²) in [6.45, 7) is 0. The first kappa shape index (κ1) is 7.10. The van der Waals surface area contributed by atoms with Crippen LogP contribution in [0.3, 0.4) is 0 Å². The van der Waals surface area contributed by atoms with Crippen LogP contribution in [0.15, 0.2) is 0 Å². The molecular weight excluding hydrogens is 113 g/mol. The molecule has 2 nitrogen and oxygen atoms in total. The molecule has 0 unspecified atom stereocenters. The molecule has 0 heterocycles. The zero-order valence-corrected chi connectivity index (χ0v) is 5.68. The van der Waals surface area contributed by atoms with Crippen LogP contribution in [0.1, 0.15) is 32.1 Å². The highest BCUT2D eigenvalue weighted by Crippen LogP contribution is 2.18. The first-order valence-electron chi connectivity index (χ1n) is 3.62. The molecule has 1 saturated carbocycles. The Morgan fingerprint density at radius 3 is 2.44 bits per heavy atom. The first-order chi connectivity index (χ1) is 4.43. The molecule has 0 atom stereocenters. The predicted molar refractivity (Wildman–Crippen MR) is 35.6 cm³/mol. The standard InChI is InChI=1S/C6H13BNO/c7-8-9-6-4-2-1-3-5-6/h6H,1-5,8H2. The molecule has 3 heteroatoms. The molecule has 0 bridgehead atoms. The zero-order chi connectivity index (χ0) is 6.53. The van der Waals surface area contributed by atoms with Gasteiger partial charge < -0.3 is 5.39 Å². The minimum Gasteiger partial charge on any atom is -0.461 e. The minimum absolute atomic E-state index is 0.420. The van der Waals surface area contributed by atoms with E-state index >= 15 is 0 Å². The largest absolute Gasteiger partial charge is 0.461 e. The van der Waals surface area contributed by atoms with Crippen molar-refractivity contribution in [2.45, 2.75) is 38.2 Å². The molecule has 1 aliphatic carbocycles. The van der Waals surface area contributed by atoms with Gasteiger partial charge >= 0.3 is 0 Å². The van der Waals surface area contributed by atoms with Crippen molar-refractivity contribution in [2.75, 3.05) is 0 Å². The van der Waals surface area contributed by atoms with Crippen LogP contribution in [-0.2, 0) is 4.84 Å². The van der Waals surface area contributed by atoms with Crippen LogP contribution in [0.2, 0.25) is 0 Å². The Balaban J connectivity index is 2.08. The van der Waals surface area contributed by atoms with Gasteiger partial charge in [-0.1, -0.05) is 19.3 Å². The predicted octanol–water partition coefficient (Wildman–Crippen LogP) is -0.102. The van der Waals surface area contributed by atoms with Crippen molar-refractivity contribution >= 4 is 7.98 Å². The first-order valence-corrected chi connectivity index (χ1v) is 3.62. The average molecular weight is 126 g/mol. The molecule has 0 aliphatic heterocycles. The van der Waals surface area contributed by atoms with Crippen LogP contribution in [0, 0.1) is 0 Å². The molecule has 0 amide bonds. The van der Waals surface area contributed by atoms with E-state index in [4.69, 9.17) is 12.8 Å². The summed E-state index contributed by atoms with van der Waals surface area (Å²) in [6, 6.07) is 0. The van der Waals surface area contributed by atoms with E-state index in [2.05, 4.69) is 0 Å². The summed E-state index contributed by atoms with van der Waals surface area (Å²) in [5.74, 6) is 0. The normalized spacial score (nSPS) is 22.3. The second kappa shape index (κ2) is 3.91. The Kier molecular flexibility index (Phi) is 3.08. The van der Waals surface area contributed by atoms with Gasteiger partial charge in [0.25, 0.3) is 0 Å². The fraction of sp³-hybridized carbons (Fsp3) is 1.00. The van der Waals surface area contributed by atoms with Crippen LogP contribution in [0.25, 0.3) is 0 Å². The SMILES string of the molecule is [B-][NH2+]OC1CCCCC1. The van der Waals surface area contributed by atoms with Gasteiger partial charge in [-0.3, -0.25) is 4.84 Å². The highest BCUT2D eigenvalue weighted by Gasteiger charge is 2.13. The number of rotatable bonds is 2. The maximum Gasteiger partial charge on any atom is 0.111 e. The summed E-state index contributed by atoms with van der Waals surface area (Å²) >= 11 is 0. The van der Waals surface area contributed by atoms with Crippen molar-refractivity contribution in [1.82, 2.24) is 0 Å². The van der Waals surface area contributed by atoms with Crippen molar-refractivity contribution in [1.29, 1.82) is 0 Å². The Hall–Kier alpha value is -0.0151. The number of hydrogen-bond donors (Lipinski definition) is 1. The summed E-state index contributed by atoms with van der Waals surface area (Å²) in [4.78, 5) is 5.14. The molecule has 2 N–H and O–H groups in total. The van der Waals surface area contributed by atoms with Gasteiger partial charge in [0.15, 0.2) is 0 Å². The van der Waals surface area contributed by atoms with Crippen LogP contribution in [-0.4, -0.2) is 14.1 Å².